The molecule has 57 heavy (non-hydrogen) atoms. The van der Waals surface area contributed by atoms with Crippen LogP contribution < -0.4 is 29.9 Å². The molecule has 2 unspecified atom stereocenters. The number of benzene rings is 3. The molecule has 2 atom stereocenters. The van der Waals surface area contributed by atoms with Gasteiger partial charge in [0.05, 0.1) is 18.8 Å². The van der Waals surface area contributed by atoms with Gasteiger partial charge in [0.1, 0.15) is 46.8 Å². The average Bonchev–Trinajstić information content (AvgIpc) is 3.80. The highest BCUT2D eigenvalue weighted by Gasteiger charge is 2.31. The van der Waals surface area contributed by atoms with Gasteiger partial charge in [-0.2, -0.15) is 4.80 Å². The molecule has 0 spiro atoms. The molecule has 3 aromatic heterocycles. The van der Waals surface area contributed by atoms with E-state index in [1.54, 1.807) is 22.8 Å². The Labute approximate surface area is 337 Å². The predicted molar refractivity (Wildman–Crippen MR) is 219 cm³/mol. The summed E-state index contributed by atoms with van der Waals surface area (Å²) in [5.74, 6) is 1.35. The van der Waals surface area contributed by atoms with Crippen molar-refractivity contribution in [2.24, 2.45) is 0 Å². The molecule has 0 saturated carbocycles. The molecule has 0 radical (unpaired) electrons. The first-order valence-electron chi connectivity index (χ1n) is 18.0. The molecule has 0 fully saturated rings. The lowest BCUT2D eigenvalue weighted by atomic mass is 10.1. The Hall–Kier alpha value is -6.66. The molecule has 5 heterocycles. The molecule has 2 aliphatic rings. The van der Waals surface area contributed by atoms with Crippen molar-refractivity contribution < 1.29 is 19.1 Å². The number of anilines is 2. The molecule has 3 aromatic carbocycles. The van der Waals surface area contributed by atoms with E-state index in [1.807, 2.05) is 104 Å². The van der Waals surface area contributed by atoms with E-state index in [0.717, 1.165) is 27.9 Å². The predicted octanol–water partition coefficient (Wildman–Crippen LogP) is 3.64. The Balaban J connectivity index is 0.881. The van der Waals surface area contributed by atoms with Gasteiger partial charge in [0.15, 0.2) is 11.6 Å². The maximum atomic E-state index is 13.3. The fourth-order valence-corrected chi connectivity index (χ4v) is 6.87. The molecule has 2 N–H and O–H groups in total. The van der Waals surface area contributed by atoms with Crippen molar-refractivity contribution in [2.75, 3.05) is 37.1 Å². The number of aromatic nitrogens is 8. The van der Waals surface area contributed by atoms with E-state index in [4.69, 9.17) is 33.9 Å². The zero-order chi connectivity index (χ0) is 39.6. The van der Waals surface area contributed by atoms with Gasteiger partial charge in [0.25, 0.3) is 17.6 Å². The minimum absolute atomic E-state index is 0.0517. The Kier molecular flexibility index (Phi) is 10.4. The van der Waals surface area contributed by atoms with Crippen LogP contribution in [0.4, 0.5) is 11.5 Å². The lowest BCUT2D eigenvalue weighted by Crippen LogP contribution is -2.48. The Morgan fingerprint density at radius 3 is 2.16 bits per heavy atom. The van der Waals surface area contributed by atoms with E-state index in [9.17, 15) is 9.59 Å². The molecular weight excluding hydrogens is 765 g/mol. The number of amides is 2. The number of thiocarbonyl (C=S) groups is 2. The Bertz CT molecular complexity index is 2490. The van der Waals surface area contributed by atoms with Gasteiger partial charge in [-0.3, -0.25) is 9.59 Å². The molecule has 2 amide bonds. The number of hydrogen-bond donors (Lipinski definition) is 2. The second-order valence-corrected chi connectivity index (χ2v) is 14.3. The van der Waals surface area contributed by atoms with Crippen LogP contribution in [0.5, 0.6) is 11.5 Å². The lowest BCUT2D eigenvalue weighted by Gasteiger charge is -2.23. The van der Waals surface area contributed by atoms with Gasteiger partial charge < -0.3 is 29.9 Å². The van der Waals surface area contributed by atoms with Gasteiger partial charge in [-0.1, -0.05) is 91.2 Å². The third-order valence-corrected chi connectivity index (χ3v) is 10.7. The van der Waals surface area contributed by atoms with Gasteiger partial charge in [0.2, 0.25) is 5.82 Å². The SMILES string of the molecule is Cc1nc(C(=O)NC2COc3cc(-c4ccc(Cn5nnc(C(=O)NC6COc7ccccc7N(C)C6=S)n5)cc4)cnc3N(C)C2=S)nn1Cc1ccccc1. The Morgan fingerprint density at radius 2 is 1.40 bits per heavy atom. The number of carbonyl (C=O) groups excluding carboxylic acids is 2. The van der Waals surface area contributed by atoms with Crippen molar-refractivity contribution in [1.82, 2.24) is 50.6 Å². The monoisotopic (exact) mass is 800 g/mol. The molecule has 16 nitrogen and oxygen atoms in total. The third kappa shape index (κ3) is 7.90. The second kappa shape index (κ2) is 15.8. The first-order chi connectivity index (χ1) is 27.6. The van der Waals surface area contributed by atoms with Crippen molar-refractivity contribution in [2.45, 2.75) is 32.1 Å². The molecule has 8 rings (SSSR count). The number of likely N-dealkylation sites (N-methyl/N-ethyl adjacent to an activating group) is 2. The van der Waals surface area contributed by atoms with Crippen LogP contribution in [-0.2, 0) is 13.1 Å². The molecule has 2 aliphatic heterocycles. The summed E-state index contributed by atoms with van der Waals surface area (Å²) in [6.07, 6.45) is 1.74. The van der Waals surface area contributed by atoms with E-state index in [0.29, 0.717) is 39.7 Å². The zero-order valence-corrected chi connectivity index (χ0v) is 32.7. The summed E-state index contributed by atoms with van der Waals surface area (Å²) in [5.41, 5.74) is 4.47. The molecule has 18 heteroatoms. The minimum Gasteiger partial charge on any atom is -0.489 e. The summed E-state index contributed by atoms with van der Waals surface area (Å²) in [6, 6.07) is 25.9. The minimum atomic E-state index is -0.629. The van der Waals surface area contributed by atoms with Gasteiger partial charge in [0, 0.05) is 25.9 Å². The highest BCUT2D eigenvalue weighted by molar-refractivity contribution is 7.81. The van der Waals surface area contributed by atoms with Crippen molar-refractivity contribution in [3.8, 4) is 22.6 Å². The first kappa shape index (κ1) is 37.3. The summed E-state index contributed by atoms with van der Waals surface area (Å²) in [6.45, 7) is 2.85. The molecule has 288 valence electrons. The van der Waals surface area contributed by atoms with E-state index in [2.05, 4.69) is 41.1 Å². The zero-order valence-electron chi connectivity index (χ0n) is 31.1. The summed E-state index contributed by atoms with van der Waals surface area (Å²) in [4.78, 5) is 41.3. The van der Waals surface area contributed by atoms with Crippen LogP contribution in [0.2, 0.25) is 0 Å². The average molecular weight is 801 g/mol. The molecule has 6 aromatic rings. The van der Waals surface area contributed by atoms with Gasteiger partial charge in [-0.05, 0) is 47.0 Å². The van der Waals surface area contributed by atoms with Gasteiger partial charge in [-0.25, -0.2) is 14.6 Å². The highest BCUT2D eigenvalue weighted by Crippen LogP contribution is 2.34. The first-order valence-corrected chi connectivity index (χ1v) is 18.8. The number of aryl methyl sites for hydroxylation is 1. The smallest absolute Gasteiger partial charge is 0.293 e. The van der Waals surface area contributed by atoms with Crippen LogP contribution in [-0.4, -0.2) is 101 Å². The number of tetrazole rings is 1. The van der Waals surface area contributed by atoms with Gasteiger partial charge in [-0.15, -0.1) is 15.3 Å². The number of nitrogens with one attached hydrogen (secondary N) is 2. The number of ether oxygens (including phenoxy) is 2. The number of carbonyl (C=O) groups is 2. The van der Waals surface area contributed by atoms with Crippen LogP contribution in [0, 0.1) is 6.92 Å². The van der Waals surface area contributed by atoms with Crippen LogP contribution >= 0.6 is 24.4 Å². The number of fused-ring (bicyclic) bond motifs is 2. The molecule has 0 aliphatic carbocycles. The van der Waals surface area contributed by atoms with E-state index >= 15 is 0 Å². The number of para-hydroxylation sites is 2. The molecule has 0 bridgehead atoms. The lowest BCUT2D eigenvalue weighted by molar-refractivity contribution is 0.0919. The number of hydrogen-bond acceptors (Lipinski definition) is 12. The third-order valence-electron chi connectivity index (χ3n) is 9.56. The van der Waals surface area contributed by atoms with E-state index < -0.39 is 23.9 Å². The van der Waals surface area contributed by atoms with Crippen LogP contribution in [0.15, 0.2) is 91.1 Å². The van der Waals surface area contributed by atoms with Crippen molar-refractivity contribution in [1.29, 1.82) is 0 Å². The standard InChI is InChI=1S/C39H36N12O4S2/c1-23-41-33(45-50(23)19-24-9-5-4-6-10-24)36(52)42-29-22-55-32-17-27(18-40-35(32)49(3)39(29)57)26-15-13-25(14-16-26)20-51-46-34(44-47-51)37(53)43-28-21-54-31-12-8-7-11-30(31)48(2)38(28)56/h4-18,28-29H,19-22H2,1-3H3,(H,42,52)(H,43,53). The Morgan fingerprint density at radius 1 is 0.754 bits per heavy atom. The topological polar surface area (TPSA) is 170 Å². The van der Waals surface area contributed by atoms with Crippen LogP contribution in [0.3, 0.4) is 0 Å². The maximum absolute atomic E-state index is 13.3. The quantitative estimate of drug-likeness (QED) is 0.203. The number of pyridine rings is 1. The summed E-state index contributed by atoms with van der Waals surface area (Å²) in [5, 5.41) is 22.6. The fourth-order valence-electron chi connectivity index (χ4n) is 6.43. The van der Waals surface area contributed by atoms with Crippen LogP contribution in [0.25, 0.3) is 11.1 Å². The molecular formula is C39H36N12O4S2. The second-order valence-electron chi connectivity index (χ2n) is 13.4. The summed E-state index contributed by atoms with van der Waals surface area (Å²) in [7, 11) is 3.63. The highest BCUT2D eigenvalue weighted by atomic mass is 32.1. The van der Waals surface area contributed by atoms with E-state index in [-0.39, 0.29) is 31.4 Å². The number of nitrogens with zero attached hydrogens (tertiary/aromatic N) is 10. The van der Waals surface area contributed by atoms with Crippen LogP contribution in [0.1, 0.15) is 38.2 Å². The largest absolute Gasteiger partial charge is 0.489 e. The fraction of sp³-hybridized carbons (Fsp3) is 0.231. The summed E-state index contributed by atoms with van der Waals surface area (Å²) < 4.78 is 13.8. The van der Waals surface area contributed by atoms with Crippen molar-refractivity contribution in [3.63, 3.8) is 0 Å². The van der Waals surface area contributed by atoms with Crippen molar-refractivity contribution in [3.05, 3.63) is 120 Å². The molecule has 0 saturated heterocycles. The van der Waals surface area contributed by atoms with Crippen molar-refractivity contribution >= 4 is 57.7 Å². The summed E-state index contributed by atoms with van der Waals surface area (Å²) >= 11 is 11.4. The van der Waals surface area contributed by atoms with E-state index in [1.165, 1.54) is 4.80 Å². The number of rotatable bonds is 9. The van der Waals surface area contributed by atoms with Gasteiger partial charge >= 0.3 is 0 Å². The maximum Gasteiger partial charge on any atom is 0.293 e. The normalized spacial score (nSPS) is 16.4.